The molecule has 1 fully saturated rings. The first-order chi connectivity index (χ1) is 17.5. The number of carbonyl (C=O) groups excluding carboxylic acids is 2. The Hall–Kier alpha value is -3.39. The van der Waals surface area contributed by atoms with Gasteiger partial charge in [0.05, 0.1) is 25.2 Å². The van der Waals surface area contributed by atoms with Crippen LogP contribution in [0.4, 0.5) is 4.39 Å². The predicted octanol–water partition coefficient (Wildman–Crippen LogP) is 4.17. The normalized spacial score (nSPS) is 21.6. The van der Waals surface area contributed by atoms with Crippen molar-refractivity contribution in [1.82, 2.24) is 14.8 Å². The molecule has 1 unspecified atom stereocenters. The third kappa shape index (κ3) is 4.69. The van der Waals surface area contributed by atoms with Crippen LogP contribution in [0.15, 0.2) is 48.5 Å². The first kappa shape index (κ1) is 24.3. The van der Waals surface area contributed by atoms with Crippen molar-refractivity contribution in [3.63, 3.8) is 0 Å². The van der Waals surface area contributed by atoms with Gasteiger partial charge in [-0.2, -0.15) is 0 Å². The highest BCUT2D eigenvalue weighted by molar-refractivity contribution is 5.98. The number of carbonyl (C=O) groups is 2. The summed E-state index contributed by atoms with van der Waals surface area (Å²) in [6.07, 6.45) is 3.02. The number of halogens is 1. The van der Waals surface area contributed by atoms with Gasteiger partial charge in [-0.15, -0.1) is 0 Å². The van der Waals surface area contributed by atoms with Crippen LogP contribution >= 0.6 is 0 Å². The molecule has 7 nitrogen and oxygen atoms in total. The first-order valence-electron chi connectivity index (χ1n) is 12.7. The molecule has 190 valence electrons. The minimum atomic E-state index is -1.11. The van der Waals surface area contributed by atoms with Crippen LogP contribution < -0.4 is 4.74 Å². The second kappa shape index (κ2) is 10.3. The highest BCUT2D eigenvalue weighted by atomic mass is 19.1. The highest BCUT2D eigenvalue weighted by Crippen LogP contribution is 2.30. The van der Waals surface area contributed by atoms with Crippen LogP contribution in [0.5, 0.6) is 5.75 Å². The van der Waals surface area contributed by atoms with Gasteiger partial charge >= 0.3 is 0 Å². The first-order valence-corrected chi connectivity index (χ1v) is 12.7. The largest absolute Gasteiger partial charge is 0.491 e. The number of rotatable bonds is 2. The summed E-state index contributed by atoms with van der Waals surface area (Å²) < 4.78 is 26.5. The minimum Gasteiger partial charge on any atom is -0.491 e. The minimum absolute atomic E-state index is 0.109. The number of morpholine rings is 1. The van der Waals surface area contributed by atoms with Crippen molar-refractivity contribution in [2.45, 2.75) is 38.2 Å². The molecule has 8 heteroatoms. The Kier molecular flexibility index (Phi) is 6.96. The summed E-state index contributed by atoms with van der Waals surface area (Å²) in [4.78, 5) is 33.7. The van der Waals surface area contributed by atoms with E-state index in [0.29, 0.717) is 49.3 Å². The third-order valence-corrected chi connectivity index (χ3v) is 7.24. The molecule has 2 amide bonds. The predicted molar refractivity (Wildman–Crippen MR) is 135 cm³/mol. The molecule has 36 heavy (non-hydrogen) atoms. The molecule has 1 spiro atoms. The Morgan fingerprint density at radius 1 is 1.11 bits per heavy atom. The van der Waals surface area contributed by atoms with E-state index in [1.54, 1.807) is 28.0 Å². The van der Waals surface area contributed by atoms with Crippen molar-refractivity contribution in [1.29, 1.82) is 0 Å². The number of para-hydroxylation sites is 2. The second-order valence-electron chi connectivity index (χ2n) is 9.50. The number of fused-ring (bicyclic) bond motifs is 2. The number of hydrogen-bond acceptors (Lipinski definition) is 4. The molecular weight excluding hydrogens is 461 g/mol. The molecular formula is C28H32FN3O4. The topological polar surface area (TPSA) is 74.9 Å². The zero-order valence-electron chi connectivity index (χ0n) is 20.6. The smallest absolute Gasteiger partial charge is 0.270 e. The summed E-state index contributed by atoms with van der Waals surface area (Å²) in [6, 6.07) is 14.5. The van der Waals surface area contributed by atoms with Gasteiger partial charge in [-0.05, 0) is 56.4 Å². The number of benzene rings is 2. The molecule has 0 saturated carbocycles. The van der Waals surface area contributed by atoms with Crippen molar-refractivity contribution in [2.24, 2.45) is 0 Å². The standard InChI is InChI=1S/C28H32FN3O4/c1-2-31-14-16-35-24-12-4-3-8-20(24)9-5-6-13-28(27(31)34)19-32(15-17-36-28)26(33)23-18-21-10-7-11-22(29)25(21)30-23/h3-4,7-8,10-12,18,30H,2,5-6,9,13-17,19H2,1H3. The lowest BCUT2D eigenvalue weighted by Gasteiger charge is -2.44. The van der Waals surface area contributed by atoms with Crippen molar-refractivity contribution in [3.8, 4) is 5.75 Å². The quantitative estimate of drug-likeness (QED) is 0.582. The Morgan fingerprint density at radius 2 is 1.97 bits per heavy atom. The molecule has 0 radical (unpaired) electrons. The zero-order valence-corrected chi connectivity index (χ0v) is 20.6. The molecule has 3 aromatic rings. The number of amides is 2. The molecule has 2 aliphatic heterocycles. The van der Waals surface area contributed by atoms with Crippen LogP contribution in [0.1, 0.15) is 42.2 Å². The van der Waals surface area contributed by atoms with Gasteiger partial charge in [0.15, 0.2) is 5.60 Å². The van der Waals surface area contributed by atoms with E-state index >= 15 is 0 Å². The van der Waals surface area contributed by atoms with E-state index in [9.17, 15) is 14.0 Å². The maximum Gasteiger partial charge on any atom is 0.270 e. The van der Waals surface area contributed by atoms with E-state index in [0.717, 1.165) is 30.6 Å². The second-order valence-corrected chi connectivity index (χ2v) is 9.50. The van der Waals surface area contributed by atoms with E-state index in [2.05, 4.69) is 11.1 Å². The van der Waals surface area contributed by atoms with Crippen molar-refractivity contribution in [2.75, 3.05) is 39.4 Å². The average Bonchev–Trinajstić information content (AvgIpc) is 3.34. The van der Waals surface area contributed by atoms with Gasteiger partial charge in [-0.3, -0.25) is 9.59 Å². The lowest BCUT2D eigenvalue weighted by Crippen LogP contribution is -2.62. The summed E-state index contributed by atoms with van der Waals surface area (Å²) in [5.41, 5.74) is 0.669. The monoisotopic (exact) mass is 493 g/mol. The lowest BCUT2D eigenvalue weighted by atomic mass is 9.91. The van der Waals surface area contributed by atoms with Gasteiger partial charge in [0.1, 0.15) is 23.9 Å². The van der Waals surface area contributed by atoms with Gasteiger partial charge in [-0.25, -0.2) is 4.39 Å². The van der Waals surface area contributed by atoms with E-state index < -0.39 is 11.4 Å². The number of nitrogens with one attached hydrogen (secondary N) is 1. The maximum atomic E-state index is 14.2. The average molecular weight is 494 g/mol. The van der Waals surface area contributed by atoms with Gasteiger partial charge in [0.2, 0.25) is 0 Å². The van der Waals surface area contributed by atoms with Crippen LogP contribution in [-0.2, 0) is 16.0 Å². The number of aryl methyl sites for hydroxylation is 1. The summed E-state index contributed by atoms with van der Waals surface area (Å²) in [7, 11) is 0. The van der Waals surface area contributed by atoms with E-state index in [1.807, 2.05) is 25.1 Å². The molecule has 1 atom stereocenters. The van der Waals surface area contributed by atoms with Gasteiger partial charge in [0.25, 0.3) is 11.8 Å². The van der Waals surface area contributed by atoms with Crippen molar-refractivity contribution >= 4 is 22.7 Å². The highest BCUT2D eigenvalue weighted by Gasteiger charge is 2.46. The van der Waals surface area contributed by atoms with E-state index in [4.69, 9.17) is 9.47 Å². The summed E-state index contributed by atoms with van der Waals surface area (Å²) in [5.74, 6) is 0.105. The number of nitrogens with zero attached hydrogens (tertiary/aromatic N) is 2. The Labute approximate surface area is 210 Å². The molecule has 2 aromatic carbocycles. The number of H-pyrrole nitrogens is 1. The molecule has 1 N–H and O–H groups in total. The number of ether oxygens (including phenoxy) is 2. The Balaban J connectivity index is 1.39. The summed E-state index contributed by atoms with van der Waals surface area (Å²) >= 11 is 0. The summed E-state index contributed by atoms with van der Waals surface area (Å²) in [5, 5.41) is 0.640. The van der Waals surface area contributed by atoms with Crippen LogP contribution in [-0.4, -0.2) is 71.6 Å². The fraction of sp³-hybridized carbons (Fsp3) is 0.429. The zero-order chi connectivity index (χ0) is 25.1. The summed E-state index contributed by atoms with van der Waals surface area (Å²) in [6.45, 7) is 4.08. The SMILES string of the molecule is CCN1CCOc2ccccc2CCCCC2(CN(C(=O)c3cc4cccc(F)c4[nH]3)CCO2)C1=O. The fourth-order valence-corrected chi connectivity index (χ4v) is 5.28. The van der Waals surface area contributed by atoms with Crippen LogP contribution in [0, 0.1) is 5.82 Å². The van der Waals surface area contributed by atoms with Crippen LogP contribution in [0.2, 0.25) is 0 Å². The van der Waals surface area contributed by atoms with Crippen LogP contribution in [0.3, 0.4) is 0 Å². The number of aromatic nitrogens is 1. The Morgan fingerprint density at radius 3 is 2.81 bits per heavy atom. The van der Waals surface area contributed by atoms with Gasteiger partial charge in [0, 0.05) is 18.5 Å². The van der Waals surface area contributed by atoms with E-state index in [1.165, 1.54) is 6.07 Å². The molecule has 1 aromatic heterocycles. The maximum absolute atomic E-state index is 14.2. The third-order valence-electron chi connectivity index (χ3n) is 7.24. The van der Waals surface area contributed by atoms with E-state index in [-0.39, 0.29) is 25.0 Å². The number of likely N-dealkylation sites (N-methyl/N-ethyl adjacent to an activating group) is 1. The molecule has 1 saturated heterocycles. The number of aromatic amines is 1. The molecule has 0 aliphatic carbocycles. The van der Waals surface area contributed by atoms with Crippen molar-refractivity contribution < 1.29 is 23.5 Å². The van der Waals surface area contributed by atoms with Gasteiger partial charge < -0.3 is 24.3 Å². The van der Waals surface area contributed by atoms with Gasteiger partial charge in [-0.1, -0.05) is 30.3 Å². The molecule has 2 aliphatic rings. The molecule has 3 heterocycles. The van der Waals surface area contributed by atoms with Crippen LogP contribution in [0.25, 0.3) is 10.9 Å². The number of hydrogen-bond donors (Lipinski definition) is 1. The van der Waals surface area contributed by atoms with Crippen molar-refractivity contribution in [3.05, 3.63) is 65.6 Å². The molecule has 5 rings (SSSR count). The molecule has 0 bridgehead atoms. The lowest BCUT2D eigenvalue weighted by molar-refractivity contribution is -0.170. The Bertz CT molecular complexity index is 1260. The fourth-order valence-electron chi connectivity index (χ4n) is 5.28.